The smallest absolute Gasteiger partial charge is 0.0391 e. The summed E-state index contributed by atoms with van der Waals surface area (Å²) in [6, 6.07) is 0. The van der Waals surface area contributed by atoms with E-state index in [1.165, 1.54) is 64.2 Å². The third-order valence-electron chi connectivity index (χ3n) is 5.50. The fraction of sp³-hybridized carbons (Fsp3) is 1.00. The molecular formula is C20H42. The van der Waals surface area contributed by atoms with Crippen molar-refractivity contribution in [1.82, 2.24) is 0 Å². The van der Waals surface area contributed by atoms with Crippen molar-refractivity contribution in [2.45, 2.75) is 106 Å². The normalized spacial score (nSPS) is 17.7. The van der Waals surface area contributed by atoms with Crippen molar-refractivity contribution in [2.75, 3.05) is 0 Å². The van der Waals surface area contributed by atoms with Crippen molar-refractivity contribution >= 4 is 0 Å². The van der Waals surface area contributed by atoms with Crippen LogP contribution in [0.3, 0.4) is 0 Å². The number of hydrogen-bond acceptors (Lipinski definition) is 0. The number of unbranched alkanes of at least 4 members (excludes halogenated alkanes) is 1. The molecule has 0 rings (SSSR count). The Kier molecular flexibility index (Phi) is 12.7. The Labute approximate surface area is 130 Å². The van der Waals surface area contributed by atoms with Crippen LogP contribution >= 0.6 is 0 Å². The highest BCUT2D eigenvalue weighted by Crippen LogP contribution is 2.27. The molecule has 0 aromatic carbocycles. The minimum Gasteiger partial charge on any atom is -0.0654 e. The van der Waals surface area contributed by atoms with Gasteiger partial charge in [-0.15, -0.1) is 0 Å². The number of hydrogen-bond donors (Lipinski definition) is 0. The van der Waals surface area contributed by atoms with Gasteiger partial charge in [0.2, 0.25) is 0 Å². The van der Waals surface area contributed by atoms with Gasteiger partial charge in [0.15, 0.2) is 0 Å². The average molecular weight is 283 g/mol. The Morgan fingerprint density at radius 2 is 1.35 bits per heavy atom. The highest BCUT2D eigenvalue weighted by Gasteiger charge is 2.14. The molecule has 0 aliphatic carbocycles. The Morgan fingerprint density at radius 3 is 1.85 bits per heavy atom. The van der Waals surface area contributed by atoms with E-state index in [4.69, 9.17) is 0 Å². The molecule has 4 atom stereocenters. The lowest BCUT2D eigenvalue weighted by molar-refractivity contribution is 0.296. The molecule has 0 spiro atoms. The summed E-state index contributed by atoms with van der Waals surface area (Å²) in [6.45, 7) is 14.3. The average Bonchev–Trinajstić information content (AvgIpc) is 2.46. The zero-order valence-corrected chi connectivity index (χ0v) is 15.4. The summed E-state index contributed by atoms with van der Waals surface area (Å²) in [7, 11) is 0. The predicted molar refractivity (Wildman–Crippen MR) is 94.2 cm³/mol. The highest BCUT2D eigenvalue weighted by atomic mass is 14.2. The van der Waals surface area contributed by atoms with Crippen LogP contribution < -0.4 is 0 Å². The second-order valence-electron chi connectivity index (χ2n) is 7.24. The third kappa shape index (κ3) is 9.03. The predicted octanol–water partition coefficient (Wildman–Crippen LogP) is 7.47. The van der Waals surface area contributed by atoms with Gasteiger partial charge in [-0.05, 0) is 30.1 Å². The van der Waals surface area contributed by atoms with Gasteiger partial charge < -0.3 is 0 Å². The molecular weight excluding hydrogens is 240 g/mol. The van der Waals surface area contributed by atoms with Crippen LogP contribution in [0.15, 0.2) is 0 Å². The maximum Gasteiger partial charge on any atom is -0.0391 e. The molecule has 0 aliphatic heterocycles. The van der Waals surface area contributed by atoms with Gasteiger partial charge in [0, 0.05) is 0 Å². The van der Waals surface area contributed by atoms with Crippen LogP contribution in [0, 0.1) is 23.7 Å². The van der Waals surface area contributed by atoms with E-state index in [9.17, 15) is 0 Å². The zero-order valence-electron chi connectivity index (χ0n) is 15.4. The second-order valence-corrected chi connectivity index (χ2v) is 7.24. The molecule has 0 aromatic heterocycles. The van der Waals surface area contributed by atoms with E-state index in [0.717, 1.165) is 23.7 Å². The first kappa shape index (κ1) is 20.0. The first-order valence-corrected chi connectivity index (χ1v) is 9.58. The van der Waals surface area contributed by atoms with E-state index in [1.54, 1.807) is 0 Å². The van der Waals surface area contributed by atoms with Gasteiger partial charge in [0.25, 0.3) is 0 Å². The second kappa shape index (κ2) is 12.7. The fourth-order valence-electron chi connectivity index (χ4n) is 3.71. The van der Waals surface area contributed by atoms with Crippen molar-refractivity contribution < 1.29 is 0 Å². The summed E-state index contributed by atoms with van der Waals surface area (Å²) in [5.74, 6) is 3.82. The molecule has 0 radical (unpaired) electrons. The summed E-state index contributed by atoms with van der Waals surface area (Å²) in [5, 5.41) is 0. The summed E-state index contributed by atoms with van der Waals surface area (Å²) < 4.78 is 0. The third-order valence-corrected chi connectivity index (χ3v) is 5.50. The van der Waals surface area contributed by atoms with Crippen LogP contribution in [0.5, 0.6) is 0 Å². The molecule has 0 nitrogen and oxygen atoms in total. The molecule has 0 saturated heterocycles. The molecule has 0 saturated carbocycles. The van der Waals surface area contributed by atoms with Crippen molar-refractivity contribution in [2.24, 2.45) is 23.7 Å². The monoisotopic (exact) mass is 282 g/mol. The van der Waals surface area contributed by atoms with Crippen LogP contribution in [0.4, 0.5) is 0 Å². The van der Waals surface area contributed by atoms with E-state index >= 15 is 0 Å². The van der Waals surface area contributed by atoms with Gasteiger partial charge >= 0.3 is 0 Å². The topological polar surface area (TPSA) is 0 Å². The van der Waals surface area contributed by atoms with E-state index in [0.29, 0.717) is 0 Å². The Bertz CT molecular complexity index is 196. The minimum atomic E-state index is 0.923. The first-order chi connectivity index (χ1) is 9.58. The highest BCUT2D eigenvalue weighted by molar-refractivity contribution is 4.66. The van der Waals surface area contributed by atoms with Gasteiger partial charge in [-0.25, -0.2) is 0 Å². The lowest BCUT2D eigenvalue weighted by Crippen LogP contribution is -2.10. The maximum absolute atomic E-state index is 2.48. The summed E-state index contributed by atoms with van der Waals surface area (Å²) in [4.78, 5) is 0. The largest absolute Gasteiger partial charge is 0.0654 e. The molecule has 0 fully saturated rings. The lowest BCUT2D eigenvalue weighted by atomic mass is 9.84. The molecule has 20 heavy (non-hydrogen) atoms. The Morgan fingerprint density at radius 1 is 0.700 bits per heavy atom. The van der Waals surface area contributed by atoms with Gasteiger partial charge in [0.1, 0.15) is 0 Å². The van der Waals surface area contributed by atoms with Crippen molar-refractivity contribution in [3.63, 3.8) is 0 Å². The van der Waals surface area contributed by atoms with Gasteiger partial charge in [-0.3, -0.25) is 0 Å². The fourth-order valence-corrected chi connectivity index (χ4v) is 3.71. The van der Waals surface area contributed by atoms with Crippen molar-refractivity contribution in [1.29, 1.82) is 0 Å². The van der Waals surface area contributed by atoms with Crippen LogP contribution in [0.2, 0.25) is 0 Å². The summed E-state index contributed by atoms with van der Waals surface area (Å²) in [5.41, 5.74) is 0. The van der Waals surface area contributed by atoms with Crippen molar-refractivity contribution in [3.05, 3.63) is 0 Å². The minimum absolute atomic E-state index is 0.923. The van der Waals surface area contributed by atoms with Crippen molar-refractivity contribution in [3.8, 4) is 0 Å². The molecule has 122 valence electrons. The molecule has 0 bridgehead atoms. The maximum atomic E-state index is 2.48. The van der Waals surface area contributed by atoms with Gasteiger partial charge in [-0.2, -0.15) is 0 Å². The number of rotatable bonds is 13. The van der Waals surface area contributed by atoms with Crippen LogP contribution in [0.25, 0.3) is 0 Å². The summed E-state index contributed by atoms with van der Waals surface area (Å²) >= 11 is 0. The molecule has 0 aromatic rings. The summed E-state index contributed by atoms with van der Waals surface area (Å²) in [6.07, 6.45) is 14.2. The van der Waals surface area contributed by atoms with E-state index in [-0.39, 0.29) is 0 Å². The molecule has 0 N–H and O–H groups in total. The molecule has 0 amide bonds. The SMILES string of the molecule is CCCC(CC)CC(C)CCCCC(CC)C(C)CC. The Balaban J connectivity index is 3.77. The lowest BCUT2D eigenvalue weighted by Gasteiger charge is -2.22. The van der Waals surface area contributed by atoms with Crippen LogP contribution in [0.1, 0.15) is 106 Å². The molecule has 4 unspecified atom stereocenters. The first-order valence-electron chi connectivity index (χ1n) is 9.58. The van der Waals surface area contributed by atoms with E-state index in [2.05, 4.69) is 41.5 Å². The van der Waals surface area contributed by atoms with Crippen LogP contribution in [-0.2, 0) is 0 Å². The standard InChI is InChI=1S/C20H42/c1-7-13-19(9-3)16-17(5)14-11-12-15-20(10-4)18(6)8-2/h17-20H,7-16H2,1-6H3. The molecule has 0 heterocycles. The Hall–Kier alpha value is 0. The molecule has 0 heteroatoms. The van der Waals surface area contributed by atoms with Gasteiger partial charge in [0.05, 0.1) is 0 Å². The van der Waals surface area contributed by atoms with E-state index in [1.807, 2.05) is 0 Å². The zero-order chi connectivity index (χ0) is 15.4. The van der Waals surface area contributed by atoms with Crippen LogP contribution in [-0.4, -0.2) is 0 Å². The van der Waals surface area contributed by atoms with E-state index < -0.39 is 0 Å². The van der Waals surface area contributed by atoms with Gasteiger partial charge in [-0.1, -0.05) is 99.3 Å². The quantitative estimate of drug-likeness (QED) is 0.307. The molecule has 0 aliphatic rings.